The number of rotatable bonds is 5. The summed E-state index contributed by atoms with van der Waals surface area (Å²) in [4.78, 5) is 11.8. The van der Waals surface area contributed by atoms with Gasteiger partial charge in [-0.25, -0.2) is 8.78 Å². The van der Waals surface area contributed by atoms with Gasteiger partial charge in [0.1, 0.15) is 17.2 Å². The van der Waals surface area contributed by atoms with E-state index in [1.807, 2.05) is 0 Å². The standard InChI is InChI=1S/C12H13Br2F2NO/c1-7(3-2-4-13)17-12(18)11-9(15)5-8(14)6-10(11)16/h5-7H,2-4H2,1H3,(H,17,18). The van der Waals surface area contributed by atoms with Crippen LogP contribution in [0, 0.1) is 11.6 Å². The summed E-state index contributed by atoms with van der Waals surface area (Å²) in [5, 5.41) is 3.40. The average molecular weight is 385 g/mol. The number of carbonyl (C=O) groups excluding carboxylic acids is 1. The molecule has 0 spiro atoms. The van der Waals surface area contributed by atoms with Crippen molar-refractivity contribution in [1.29, 1.82) is 0 Å². The molecule has 0 heterocycles. The molecule has 1 aromatic carbocycles. The van der Waals surface area contributed by atoms with Gasteiger partial charge >= 0.3 is 0 Å². The molecular weight excluding hydrogens is 372 g/mol. The Morgan fingerprint density at radius 1 is 1.39 bits per heavy atom. The number of halogens is 4. The normalized spacial score (nSPS) is 12.3. The van der Waals surface area contributed by atoms with Crippen molar-refractivity contribution in [3.63, 3.8) is 0 Å². The zero-order valence-electron chi connectivity index (χ0n) is 9.77. The van der Waals surface area contributed by atoms with Crippen molar-refractivity contribution >= 4 is 37.8 Å². The highest BCUT2D eigenvalue weighted by Crippen LogP contribution is 2.19. The van der Waals surface area contributed by atoms with Crippen LogP contribution in [-0.4, -0.2) is 17.3 Å². The van der Waals surface area contributed by atoms with E-state index in [0.29, 0.717) is 0 Å². The highest BCUT2D eigenvalue weighted by atomic mass is 79.9. The molecule has 2 nitrogen and oxygen atoms in total. The highest BCUT2D eigenvalue weighted by Gasteiger charge is 2.19. The molecule has 1 N–H and O–H groups in total. The van der Waals surface area contributed by atoms with Crippen molar-refractivity contribution in [1.82, 2.24) is 5.32 Å². The molecule has 6 heteroatoms. The summed E-state index contributed by atoms with van der Waals surface area (Å²) < 4.78 is 27.3. The molecule has 100 valence electrons. The Morgan fingerprint density at radius 2 is 1.94 bits per heavy atom. The predicted molar refractivity (Wildman–Crippen MR) is 74.0 cm³/mol. The van der Waals surface area contributed by atoms with Crippen LogP contribution in [0.1, 0.15) is 30.1 Å². The van der Waals surface area contributed by atoms with Gasteiger partial charge in [0.05, 0.1) is 0 Å². The van der Waals surface area contributed by atoms with Gasteiger partial charge in [-0.2, -0.15) is 0 Å². The number of nitrogens with one attached hydrogen (secondary N) is 1. The lowest BCUT2D eigenvalue weighted by Crippen LogP contribution is -2.33. The van der Waals surface area contributed by atoms with Gasteiger partial charge in [-0.05, 0) is 31.9 Å². The van der Waals surface area contributed by atoms with Crippen molar-refractivity contribution in [2.45, 2.75) is 25.8 Å². The molecule has 1 amide bonds. The topological polar surface area (TPSA) is 29.1 Å². The number of hydrogen-bond donors (Lipinski definition) is 1. The largest absolute Gasteiger partial charge is 0.349 e. The second-order valence-electron chi connectivity index (χ2n) is 3.95. The summed E-state index contributed by atoms with van der Waals surface area (Å²) in [7, 11) is 0. The average Bonchev–Trinajstić information content (AvgIpc) is 2.24. The molecule has 1 aromatic rings. The molecule has 1 rings (SSSR count). The highest BCUT2D eigenvalue weighted by molar-refractivity contribution is 9.10. The maximum absolute atomic E-state index is 13.5. The third-order valence-electron chi connectivity index (χ3n) is 2.38. The second kappa shape index (κ2) is 7.19. The number of benzene rings is 1. The molecule has 0 aliphatic rings. The predicted octanol–water partition coefficient (Wildman–Crippen LogP) is 4.02. The third-order valence-corrected chi connectivity index (χ3v) is 3.40. The lowest BCUT2D eigenvalue weighted by atomic mass is 10.1. The molecule has 0 saturated carbocycles. The van der Waals surface area contributed by atoms with Gasteiger partial charge in [-0.3, -0.25) is 4.79 Å². The molecule has 0 bridgehead atoms. The van der Waals surface area contributed by atoms with E-state index in [1.54, 1.807) is 6.92 Å². The van der Waals surface area contributed by atoms with Gasteiger partial charge in [-0.15, -0.1) is 0 Å². The van der Waals surface area contributed by atoms with E-state index >= 15 is 0 Å². The first-order valence-corrected chi connectivity index (χ1v) is 7.38. The van der Waals surface area contributed by atoms with Crippen LogP contribution in [0.2, 0.25) is 0 Å². The molecule has 0 aliphatic carbocycles. The summed E-state index contributed by atoms with van der Waals surface area (Å²) in [6, 6.07) is 2.01. The molecule has 1 atom stereocenters. The first kappa shape index (κ1) is 15.6. The molecule has 18 heavy (non-hydrogen) atoms. The Kier molecular flexibility index (Phi) is 6.21. The van der Waals surface area contributed by atoms with Crippen molar-refractivity contribution in [2.75, 3.05) is 5.33 Å². The first-order chi connectivity index (χ1) is 8.45. The Balaban J connectivity index is 2.78. The molecule has 0 saturated heterocycles. The molecule has 0 radical (unpaired) electrons. The molecular formula is C12H13Br2F2NO. The van der Waals surface area contributed by atoms with E-state index in [2.05, 4.69) is 37.2 Å². The summed E-state index contributed by atoms with van der Waals surface area (Å²) in [6.07, 6.45) is 1.63. The van der Waals surface area contributed by atoms with Gasteiger partial charge < -0.3 is 5.32 Å². The monoisotopic (exact) mass is 383 g/mol. The smallest absolute Gasteiger partial charge is 0.257 e. The van der Waals surface area contributed by atoms with E-state index in [1.165, 1.54) is 0 Å². The summed E-state index contributed by atoms with van der Waals surface area (Å²) in [6.45, 7) is 1.80. The second-order valence-corrected chi connectivity index (χ2v) is 5.66. The fourth-order valence-corrected chi connectivity index (χ4v) is 2.24. The zero-order chi connectivity index (χ0) is 13.7. The lowest BCUT2D eigenvalue weighted by molar-refractivity contribution is 0.0930. The molecule has 0 aromatic heterocycles. The van der Waals surface area contributed by atoms with E-state index in [4.69, 9.17) is 0 Å². The minimum absolute atomic E-state index is 0.127. The molecule has 1 unspecified atom stereocenters. The Bertz CT molecular complexity index is 417. The Morgan fingerprint density at radius 3 is 2.44 bits per heavy atom. The maximum Gasteiger partial charge on any atom is 0.257 e. The van der Waals surface area contributed by atoms with Gasteiger partial charge in [-0.1, -0.05) is 31.9 Å². The van der Waals surface area contributed by atoms with Gasteiger partial charge in [0.15, 0.2) is 0 Å². The number of hydrogen-bond acceptors (Lipinski definition) is 1. The summed E-state index contributed by atoms with van der Waals surface area (Å²) in [5.74, 6) is -2.46. The fourth-order valence-electron chi connectivity index (χ4n) is 1.51. The summed E-state index contributed by atoms with van der Waals surface area (Å²) in [5.41, 5.74) is -0.538. The number of amides is 1. The van der Waals surface area contributed by atoms with Crippen LogP contribution in [0.4, 0.5) is 8.78 Å². The third kappa shape index (κ3) is 4.31. The summed E-state index contributed by atoms with van der Waals surface area (Å²) >= 11 is 6.25. The van der Waals surface area contributed by atoms with Gasteiger partial charge in [0.25, 0.3) is 5.91 Å². The van der Waals surface area contributed by atoms with E-state index in [0.717, 1.165) is 30.3 Å². The minimum atomic E-state index is -0.868. The zero-order valence-corrected chi connectivity index (χ0v) is 12.9. The van der Waals surface area contributed by atoms with Crippen LogP contribution in [0.15, 0.2) is 16.6 Å². The number of alkyl halides is 1. The SMILES string of the molecule is CC(CCCBr)NC(=O)c1c(F)cc(Br)cc1F. The van der Waals surface area contributed by atoms with Crippen molar-refractivity contribution < 1.29 is 13.6 Å². The van der Waals surface area contributed by atoms with Crippen molar-refractivity contribution in [3.8, 4) is 0 Å². The quantitative estimate of drug-likeness (QED) is 0.763. The van der Waals surface area contributed by atoms with Crippen LogP contribution in [0.25, 0.3) is 0 Å². The van der Waals surface area contributed by atoms with Crippen LogP contribution in [0.3, 0.4) is 0 Å². The molecule has 0 fully saturated rings. The van der Waals surface area contributed by atoms with Crippen LogP contribution >= 0.6 is 31.9 Å². The molecule has 0 aliphatic heterocycles. The van der Waals surface area contributed by atoms with Crippen molar-refractivity contribution in [2.24, 2.45) is 0 Å². The van der Waals surface area contributed by atoms with E-state index in [-0.39, 0.29) is 10.5 Å². The van der Waals surface area contributed by atoms with Crippen molar-refractivity contribution in [3.05, 3.63) is 33.8 Å². The van der Waals surface area contributed by atoms with Gasteiger partial charge in [0.2, 0.25) is 0 Å². The number of carbonyl (C=O) groups is 1. The Labute approximate surface area is 121 Å². The first-order valence-electron chi connectivity index (χ1n) is 5.47. The Hall–Kier alpha value is -0.490. The maximum atomic E-state index is 13.5. The minimum Gasteiger partial charge on any atom is -0.349 e. The lowest BCUT2D eigenvalue weighted by Gasteiger charge is -2.14. The fraction of sp³-hybridized carbons (Fsp3) is 0.417. The van der Waals surface area contributed by atoms with E-state index < -0.39 is 23.1 Å². The van der Waals surface area contributed by atoms with Gasteiger partial charge in [0, 0.05) is 15.8 Å². The van der Waals surface area contributed by atoms with Crippen LogP contribution in [0.5, 0.6) is 0 Å². The van der Waals surface area contributed by atoms with E-state index in [9.17, 15) is 13.6 Å². The van der Waals surface area contributed by atoms with Crippen LogP contribution < -0.4 is 5.32 Å². The van der Waals surface area contributed by atoms with Crippen LogP contribution in [-0.2, 0) is 0 Å².